The van der Waals surface area contributed by atoms with Gasteiger partial charge < -0.3 is 15.2 Å². The molecule has 2 aromatic rings. The van der Waals surface area contributed by atoms with Crippen LogP contribution < -0.4 is 10.1 Å². The number of nitrogens with one attached hydrogen (secondary N) is 1. The topological polar surface area (TPSA) is 58.6 Å². The first-order chi connectivity index (χ1) is 13.3. The molecule has 1 saturated carbocycles. The highest BCUT2D eigenvalue weighted by molar-refractivity contribution is 5.84. The summed E-state index contributed by atoms with van der Waals surface area (Å²) in [6.45, 7) is -0.124. The van der Waals surface area contributed by atoms with Crippen molar-refractivity contribution in [2.75, 3.05) is 13.2 Å². The van der Waals surface area contributed by atoms with Gasteiger partial charge in [0, 0.05) is 6.54 Å². The average Bonchev–Trinajstić information content (AvgIpc) is 3.50. The minimum absolute atomic E-state index is 0.00945. The van der Waals surface area contributed by atoms with E-state index in [1.54, 1.807) is 0 Å². The number of benzene rings is 2. The summed E-state index contributed by atoms with van der Waals surface area (Å²) >= 11 is 0. The predicted octanol–water partition coefficient (Wildman–Crippen LogP) is 3.76. The normalized spacial score (nSPS) is 16.3. The van der Waals surface area contributed by atoms with Crippen LogP contribution in [0, 0.1) is 5.92 Å². The Kier molecular flexibility index (Phi) is 6.24. The van der Waals surface area contributed by atoms with E-state index in [1.165, 1.54) is 12.1 Å². The number of hydrogen-bond donors (Lipinski definition) is 2. The third kappa shape index (κ3) is 5.48. The summed E-state index contributed by atoms with van der Waals surface area (Å²) in [6.07, 6.45) is -3.36. The molecule has 2 aromatic carbocycles. The van der Waals surface area contributed by atoms with E-state index in [9.17, 15) is 23.1 Å². The van der Waals surface area contributed by atoms with Gasteiger partial charge in [-0.1, -0.05) is 30.3 Å². The lowest BCUT2D eigenvalue weighted by Crippen LogP contribution is -2.38. The van der Waals surface area contributed by atoms with Crippen LogP contribution in [0.4, 0.5) is 13.2 Å². The minimum atomic E-state index is -4.40. The average molecular weight is 393 g/mol. The lowest BCUT2D eigenvalue weighted by molar-refractivity contribution is -0.137. The zero-order chi connectivity index (χ0) is 20.1. The van der Waals surface area contributed by atoms with Crippen LogP contribution >= 0.6 is 0 Å². The first-order valence-electron chi connectivity index (χ1n) is 9.15. The molecule has 150 valence electrons. The van der Waals surface area contributed by atoms with Crippen LogP contribution in [0.1, 0.15) is 29.9 Å². The van der Waals surface area contributed by atoms with Crippen LogP contribution in [0.15, 0.2) is 54.6 Å². The van der Waals surface area contributed by atoms with Crippen molar-refractivity contribution in [2.24, 2.45) is 5.92 Å². The molecule has 7 heteroatoms. The van der Waals surface area contributed by atoms with Crippen LogP contribution in [-0.2, 0) is 11.0 Å². The van der Waals surface area contributed by atoms with Gasteiger partial charge in [0.15, 0.2) is 0 Å². The summed E-state index contributed by atoms with van der Waals surface area (Å²) in [7, 11) is 0. The standard InChI is InChI=1S/C21H22F3NO3/c22-21(23,24)16-8-10-18(11-9-16)28-13-17(26)12-25-20(27)19(15-6-7-15)14-4-2-1-3-5-14/h1-5,8-11,15,17,19,26H,6-7,12-13H2,(H,25,27)/t17-,19+/m1/s1. The van der Waals surface area contributed by atoms with Crippen molar-refractivity contribution in [1.82, 2.24) is 5.32 Å². The lowest BCUT2D eigenvalue weighted by Gasteiger charge is -2.19. The van der Waals surface area contributed by atoms with Gasteiger partial charge in [0.05, 0.1) is 11.5 Å². The molecule has 3 rings (SSSR count). The van der Waals surface area contributed by atoms with E-state index in [1.807, 2.05) is 30.3 Å². The molecule has 0 heterocycles. The van der Waals surface area contributed by atoms with Crippen molar-refractivity contribution < 1.29 is 27.8 Å². The van der Waals surface area contributed by atoms with Gasteiger partial charge in [0.25, 0.3) is 0 Å². The molecule has 1 amide bonds. The van der Waals surface area contributed by atoms with E-state index in [0.29, 0.717) is 5.92 Å². The molecule has 0 spiro atoms. The molecule has 0 saturated heterocycles. The Hall–Kier alpha value is -2.54. The molecule has 0 aliphatic heterocycles. The Morgan fingerprint density at radius 3 is 2.32 bits per heavy atom. The fourth-order valence-electron chi connectivity index (χ4n) is 3.05. The molecule has 2 N–H and O–H groups in total. The Morgan fingerprint density at radius 2 is 1.75 bits per heavy atom. The third-order valence-electron chi connectivity index (χ3n) is 4.67. The number of ether oxygens (including phenoxy) is 1. The van der Waals surface area contributed by atoms with Gasteiger partial charge >= 0.3 is 6.18 Å². The van der Waals surface area contributed by atoms with Crippen molar-refractivity contribution in [1.29, 1.82) is 0 Å². The van der Waals surface area contributed by atoms with Gasteiger partial charge in [-0.3, -0.25) is 4.79 Å². The first kappa shape index (κ1) is 20.2. The highest BCUT2D eigenvalue weighted by atomic mass is 19.4. The van der Waals surface area contributed by atoms with E-state index in [2.05, 4.69) is 5.32 Å². The lowest BCUT2D eigenvalue weighted by atomic mass is 9.93. The fraction of sp³-hybridized carbons (Fsp3) is 0.381. The minimum Gasteiger partial charge on any atom is -0.491 e. The zero-order valence-electron chi connectivity index (χ0n) is 15.2. The molecule has 0 aromatic heterocycles. The first-order valence-corrected chi connectivity index (χ1v) is 9.15. The predicted molar refractivity (Wildman–Crippen MR) is 97.9 cm³/mol. The van der Waals surface area contributed by atoms with Crippen LogP contribution in [0.3, 0.4) is 0 Å². The molecular formula is C21H22F3NO3. The Balaban J connectivity index is 1.47. The van der Waals surface area contributed by atoms with Crippen molar-refractivity contribution in [2.45, 2.75) is 31.0 Å². The molecule has 2 atom stereocenters. The molecule has 0 radical (unpaired) electrons. The van der Waals surface area contributed by atoms with Gasteiger partial charge in [-0.2, -0.15) is 13.2 Å². The summed E-state index contributed by atoms with van der Waals surface area (Å²) in [5.41, 5.74) is 0.192. The van der Waals surface area contributed by atoms with E-state index in [0.717, 1.165) is 30.5 Å². The highest BCUT2D eigenvalue weighted by Gasteiger charge is 2.37. The third-order valence-corrected chi connectivity index (χ3v) is 4.67. The van der Waals surface area contributed by atoms with Gasteiger partial charge in [-0.25, -0.2) is 0 Å². The number of aliphatic hydroxyl groups excluding tert-OH is 1. The van der Waals surface area contributed by atoms with Crippen LogP contribution in [0.25, 0.3) is 0 Å². The number of carbonyl (C=O) groups excluding carboxylic acids is 1. The molecule has 1 aliphatic rings. The second kappa shape index (κ2) is 8.65. The number of amides is 1. The number of rotatable bonds is 8. The fourth-order valence-corrected chi connectivity index (χ4v) is 3.05. The van der Waals surface area contributed by atoms with Gasteiger partial charge in [0.1, 0.15) is 18.5 Å². The summed E-state index contributed by atoms with van der Waals surface area (Å²) in [5.74, 6) is 0.174. The second-order valence-corrected chi connectivity index (χ2v) is 6.96. The van der Waals surface area contributed by atoms with E-state index in [4.69, 9.17) is 4.74 Å². The number of halogens is 3. The van der Waals surface area contributed by atoms with Gasteiger partial charge in [-0.15, -0.1) is 0 Å². The van der Waals surface area contributed by atoms with Gasteiger partial charge in [-0.05, 0) is 48.6 Å². The Bertz CT molecular complexity index is 774. The molecule has 1 aliphatic carbocycles. The summed E-state index contributed by atoms with van der Waals surface area (Å²) in [6, 6.07) is 13.8. The smallest absolute Gasteiger partial charge is 0.416 e. The Labute approximate surface area is 161 Å². The monoisotopic (exact) mass is 393 g/mol. The summed E-state index contributed by atoms with van der Waals surface area (Å²) in [5, 5.41) is 12.8. The summed E-state index contributed by atoms with van der Waals surface area (Å²) < 4.78 is 42.9. The molecule has 0 bridgehead atoms. The van der Waals surface area contributed by atoms with E-state index >= 15 is 0 Å². The van der Waals surface area contributed by atoms with E-state index < -0.39 is 17.8 Å². The maximum Gasteiger partial charge on any atom is 0.416 e. The zero-order valence-corrected chi connectivity index (χ0v) is 15.2. The van der Waals surface area contributed by atoms with Crippen LogP contribution in [-0.4, -0.2) is 30.3 Å². The highest BCUT2D eigenvalue weighted by Crippen LogP contribution is 2.42. The number of aliphatic hydroxyl groups is 1. The second-order valence-electron chi connectivity index (χ2n) is 6.96. The van der Waals surface area contributed by atoms with Gasteiger partial charge in [0.2, 0.25) is 5.91 Å². The SMILES string of the molecule is O=C(NC[C@@H](O)COc1ccc(C(F)(F)F)cc1)[C@@H](c1ccccc1)C1CC1. The van der Waals surface area contributed by atoms with E-state index in [-0.39, 0.29) is 30.7 Å². The molecule has 1 fully saturated rings. The molecule has 0 unspecified atom stereocenters. The molecule has 4 nitrogen and oxygen atoms in total. The number of hydrogen-bond acceptors (Lipinski definition) is 3. The Morgan fingerprint density at radius 1 is 1.11 bits per heavy atom. The number of alkyl halides is 3. The maximum atomic E-state index is 12.6. The van der Waals surface area contributed by atoms with Crippen molar-refractivity contribution in [3.63, 3.8) is 0 Å². The summed E-state index contributed by atoms with van der Waals surface area (Å²) in [4.78, 5) is 12.6. The maximum absolute atomic E-state index is 12.6. The van der Waals surface area contributed by atoms with Crippen LogP contribution in [0.5, 0.6) is 5.75 Å². The van der Waals surface area contributed by atoms with Crippen molar-refractivity contribution in [3.8, 4) is 5.75 Å². The number of carbonyl (C=O) groups is 1. The van der Waals surface area contributed by atoms with Crippen molar-refractivity contribution in [3.05, 3.63) is 65.7 Å². The van der Waals surface area contributed by atoms with Crippen molar-refractivity contribution >= 4 is 5.91 Å². The molecule has 28 heavy (non-hydrogen) atoms. The van der Waals surface area contributed by atoms with Crippen LogP contribution in [0.2, 0.25) is 0 Å². The largest absolute Gasteiger partial charge is 0.491 e. The quantitative estimate of drug-likeness (QED) is 0.718. The molecular weight excluding hydrogens is 371 g/mol.